The Bertz CT molecular complexity index is 636. The molecule has 2 N–H and O–H groups in total. The maximum Gasteiger partial charge on any atom is 0.341 e. The van der Waals surface area contributed by atoms with Crippen LogP contribution in [0.3, 0.4) is 0 Å². The van der Waals surface area contributed by atoms with Gasteiger partial charge in [-0.15, -0.1) is 0 Å². The molecule has 1 fully saturated rings. The van der Waals surface area contributed by atoms with Crippen LogP contribution >= 0.6 is 0 Å². The van der Waals surface area contributed by atoms with Crippen LogP contribution in [0.5, 0.6) is 0 Å². The molecular weight excluding hydrogens is 310 g/mol. The average molecular weight is 326 g/mol. The van der Waals surface area contributed by atoms with Crippen molar-refractivity contribution >= 4 is 17.8 Å². The van der Waals surface area contributed by atoms with Gasteiger partial charge in [-0.3, -0.25) is 9.59 Å². The van der Waals surface area contributed by atoms with Gasteiger partial charge in [0.05, 0.1) is 5.56 Å². The number of hydrogen-bond donors (Lipinski definition) is 1. The Morgan fingerprint density at radius 1 is 1.26 bits per heavy atom. The Hall–Kier alpha value is -2.51. The van der Waals surface area contributed by atoms with E-state index in [0.29, 0.717) is 19.0 Å². The van der Waals surface area contributed by atoms with Gasteiger partial charge in [0.25, 0.3) is 5.91 Å². The molecule has 2 rings (SSSR count). The molecule has 0 spiro atoms. The molecule has 0 saturated carbocycles. The Kier molecular flexibility index (Phi) is 5.25. The molecule has 1 aromatic carbocycles. The number of esters is 1. The number of hydrogen-bond acceptors (Lipinski definition) is 4. The molecule has 1 aliphatic rings. The number of carbonyl (C=O) groups excluding carboxylic acids is 3. The molecule has 2 amide bonds. The number of nitrogens with two attached hydrogens (primary N) is 1. The minimum Gasteiger partial charge on any atom is -0.452 e. The Morgan fingerprint density at radius 3 is 2.65 bits per heavy atom. The van der Waals surface area contributed by atoms with E-state index < -0.39 is 47.6 Å². The summed E-state index contributed by atoms with van der Waals surface area (Å²) in [6.07, 6.45) is 1.95. The molecule has 124 valence electrons. The first-order valence-corrected chi connectivity index (χ1v) is 7.11. The molecule has 1 saturated heterocycles. The smallest absolute Gasteiger partial charge is 0.341 e. The van der Waals surface area contributed by atoms with Crippen LogP contribution in [0.1, 0.15) is 29.6 Å². The first-order valence-electron chi connectivity index (χ1n) is 7.11. The second-order valence-electron chi connectivity index (χ2n) is 5.20. The summed E-state index contributed by atoms with van der Waals surface area (Å²) in [6.45, 7) is -0.297. The highest BCUT2D eigenvalue weighted by Crippen LogP contribution is 2.17. The van der Waals surface area contributed by atoms with Gasteiger partial charge in [-0.05, 0) is 31.4 Å². The minimum absolute atomic E-state index is 0.342. The lowest BCUT2D eigenvalue weighted by Crippen LogP contribution is -2.51. The molecule has 6 nitrogen and oxygen atoms in total. The fourth-order valence-electron chi connectivity index (χ4n) is 2.47. The molecule has 8 heteroatoms. The molecule has 0 bridgehead atoms. The van der Waals surface area contributed by atoms with Crippen molar-refractivity contribution in [1.82, 2.24) is 4.90 Å². The number of amides is 2. The molecule has 0 unspecified atom stereocenters. The van der Waals surface area contributed by atoms with Crippen molar-refractivity contribution in [2.45, 2.75) is 25.3 Å². The predicted octanol–water partition coefficient (Wildman–Crippen LogP) is 0.988. The number of likely N-dealkylation sites (tertiary alicyclic amines) is 1. The summed E-state index contributed by atoms with van der Waals surface area (Å²) in [4.78, 5) is 36.4. The van der Waals surface area contributed by atoms with E-state index in [1.807, 2.05) is 0 Å². The van der Waals surface area contributed by atoms with Gasteiger partial charge < -0.3 is 15.4 Å². The lowest BCUT2D eigenvalue weighted by Gasteiger charge is -2.33. The van der Waals surface area contributed by atoms with Crippen molar-refractivity contribution in [3.05, 3.63) is 35.4 Å². The van der Waals surface area contributed by atoms with Crippen molar-refractivity contribution in [2.24, 2.45) is 5.73 Å². The molecule has 1 aromatic rings. The van der Waals surface area contributed by atoms with Gasteiger partial charge in [0.15, 0.2) is 6.61 Å². The molecule has 0 aliphatic carbocycles. The molecular formula is C15H16F2N2O4. The van der Waals surface area contributed by atoms with Gasteiger partial charge >= 0.3 is 5.97 Å². The van der Waals surface area contributed by atoms with E-state index in [1.165, 1.54) is 4.90 Å². The van der Waals surface area contributed by atoms with Crippen molar-refractivity contribution in [2.75, 3.05) is 13.2 Å². The van der Waals surface area contributed by atoms with Crippen LogP contribution in [-0.2, 0) is 14.3 Å². The summed E-state index contributed by atoms with van der Waals surface area (Å²) in [5.41, 5.74) is 4.78. The topological polar surface area (TPSA) is 89.7 Å². The van der Waals surface area contributed by atoms with Crippen molar-refractivity contribution < 1.29 is 27.9 Å². The van der Waals surface area contributed by atoms with E-state index >= 15 is 0 Å². The van der Waals surface area contributed by atoms with Crippen LogP contribution in [0, 0.1) is 11.6 Å². The Balaban J connectivity index is 1.97. The Labute approximate surface area is 131 Å². The van der Waals surface area contributed by atoms with Gasteiger partial charge in [0.2, 0.25) is 5.91 Å². The van der Waals surface area contributed by atoms with E-state index in [0.717, 1.165) is 25.0 Å². The van der Waals surface area contributed by atoms with Gasteiger partial charge in [0.1, 0.15) is 17.7 Å². The number of piperidine rings is 1. The largest absolute Gasteiger partial charge is 0.452 e. The third-order valence-corrected chi connectivity index (χ3v) is 3.63. The quantitative estimate of drug-likeness (QED) is 0.836. The second kappa shape index (κ2) is 7.17. The molecule has 0 radical (unpaired) electrons. The fourth-order valence-corrected chi connectivity index (χ4v) is 2.47. The lowest BCUT2D eigenvalue weighted by molar-refractivity contribution is -0.143. The first-order chi connectivity index (χ1) is 10.9. The molecule has 1 aliphatic heterocycles. The minimum atomic E-state index is -1.08. The number of ether oxygens (including phenoxy) is 1. The maximum absolute atomic E-state index is 13.5. The van der Waals surface area contributed by atoms with Crippen LogP contribution in [0.2, 0.25) is 0 Å². The summed E-state index contributed by atoms with van der Waals surface area (Å²) in [7, 11) is 0. The fraction of sp³-hybridized carbons (Fsp3) is 0.400. The first kappa shape index (κ1) is 16.9. The molecule has 23 heavy (non-hydrogen) atoms. The van der Waals surface area contributed by atoms with Gasteiger partial charge in [-0.25, -0.2) is 13.6 Å². The highest BCUT2D eigenvalue weighted by atomic mass is 19.1. The Morgan fingerprint density at radius 2 is 2.00 bits per heavy atom. The summed E-state index contributed by atoms with van der Waals surface area (Å²) >= 11 is 0. The number of primary amides is 1. The second-order valence-corrected chi connectivity index (χ2v) is 5.20. The van der Waals surface area contributed by atoms with E-state index in [4.69, 9.17) is 10.5 Å². The zero-order chi connectivity index (χ0) is 17.0. The normalized spacial score (nSPS) is 17.7. The van der Waals surface area contributed by atoms with E-state index in [1.54, 1.807) is 0 Å². The van der Waals surface area contributed by atoms with Crippen molar-refractivity contribution in [1.29, 1.82) is 0 Å². The summed E-state index contributed by atoms with van der Waals surface area (Å²) in [6, 6.07) is 1.67. The van der Waals surface area contributed by atoms with E-state index in [9.17, 15) is 23.2 Å². The molecule has 0 aromatic heterocycles. The third-order valence-electron chi connectivity index (χ3n) is 3.63. The van der Waals surface area contributed by atoms with Crippen LogP contribution in [0.4, 0.5) is 8.78 Å². The number of halogens is 2. The monoisotopic (exact) mass is 326 g/mol. The number of carbonyl (C=O) groups is 3. The van der Waals surface area contributed by atoms with Crippen LogP contribution in [0.25, 0.3) is 0 Å². The van der Waals surface area contributed by atoms with E-state index in [2.05, 4.69) is 0 Å². The number of rotatable bonds is 4. The summed E-state index contributed by atoms with van der Waals surface area (Å²) < 4.78 is 31.0. The predicted molar refractivity (Wildman–Crippen MR) is 75.2 cm³/mol. The van der Waals surface area contributed by atoms with Gasteiger partial charge in [-0.1, -0.05) is 0 Å². The molecule has 1 atom stereocenters. The SMILES string of the molecule is NC(=O)[C@H]1CCCCN1C(=O)COC(=O)c1ccc(F)cc1F. The zero-order valence-corrected chi connectivity index (χ0v) is 12.3. The lowest BCUT2D eigenvalue weighted by atomic mass is 10.0. The highest BCUT2D eigenvalue weighted by Gasteiger charge is 2.31. The standard InChI is InChI=1S/C15H16F2N2O4/c16-9-4-5-10(11(17)7-9)15(22)23-8-13(20)19-6-2-1-3-12(19)14(18)21/h4-5,7,12H,1-3,6,8H2,(H2,18,21)/t12-/m1/s1. The van der Waals surface area contributed by atoms with Crippen LogP contribution in [-0.4, -0.2) is 41.9 Å². The maximum atomic E-state index is 13.5. The van der Waals surface area contributed by atoms with Crippen LogP contribution < -0.4 is 5.73 Å². The number of nitrogens with zero attached hydrogens (tertiary/aromatic N) is 1. The third kappa shape index (κ3) is 4.02. The summed E-state index contributed by atoms with van der Waals surface area (Å²) in [5, 5.41) is 0. The molecule has 1 heterocycles. The summed E-state index contributed by atoms with van der Waals surface area (Å²) in [5.74, 6) is -4.18. The zero-order valence-electron chi connectivity index (χ0n) is 12.3. The van der Waals surface area contributed by atoms with Crippen molar-refractivity contribution in [3.8, 4) is 0 Å². The van der Waals surface area contributed by atoms with Crippen LogP contribution in [0.15, 0.2) is 18.2 Å². The van der Waals surface area contributed by atoms with Gasteiger partial charge in [-0.2, -0.15) is 0 Å². The highest BCUT2D eigenvalue weighted by molar-refractivity contribution is 5.92. The van der Waals surface area contributed by atoms with Gasteiger partial charge in [0, 0.05) is 12.6 Å². The van der Waals surface area contributed by atoms with Crippen molar-refractivity contribution in [3.63, 3.8) is 0 Å². The van der Waals surface area contributed by atoms with E-state index in [-0.39, 0.29) is 0 Å². The average Bonchev–Trinajstić information content (AvgIpc) is 2.52. The number of benzene rings is 1.